The molecule has 16 heavy (non-hydrogen) atoms. The maximum absolute atomic E-state index is 10.4. The van der Waals surface area contributed by atoms with Gasteiger partial charge in [-0.1, -0.05) is 12.1 Å². The van der Waals surface area contributed by atoms with Crippen molar-refractivity contribution in [3.8, 4) is 0 Å². The van der Waals surface area contributed by atoms with E-state index in [9.17, 15) is 5.11 Å². The number of rotatable bonds is 2. The number of benzene rings is 1. The molecule has 2 nitrogen and oxygen atoms in total. The normalized spacial score (nSPS) is 25.0. The molecular weight excluding hydrogens is 198 g/mol. The predicted molar refractivity (Wildman–Crippen MR) is 66.8 cm³/mol. The van der Waals surface area contributed by atoms with Crippen molar-refractivity contribution in [3.63, 3.8) is 0 Å². The van der Waals surface area contributed by atoms with Gasteiger partial charge < -0.3 is 10.4 Å². The lowest BCUT2D eigenvalue weighted by Crippen LogP contribution is -2.34. The molecule has 2 N–H and O–H groups in total. The largest absolute Gasteiger partial charge is 0.388 e. The summed E-state index contributed by atoms with van der Waals surface area (Å²) in [5.41, 5.74) is 4.69. The SMILES string of the molecule is Cc1cc(C)c(CC2(O)CCNC2)cc1C. The minimum Gasteiger partial charge on any atom is -0.388 e. The molecule has 0 spiro atoms. The van der Waals surface area contributed by atoms with Crippen molar-refractivity contribution in [2.24, 2.45) is 0 Å². The van der Waals surface area contributed by atoms with Gasteiger partial charge in [-0.2, -0.15) is 0 Å². The third-order valence-corrected chi connectivity index (χ3v) is 3.69. The van der Waals surface area contributed by atoms with Gasteiger partial charge in [0, 0.05) is 13.0 Å². The Morgan fingerprint density at radius 3 is 2.50 bits per heavy atom. The molecule has 1 aromatic rings. The highest BCUT2D eigenvalue weighted by Crippen LogP contribution is 2.24. The van der Waals surface area contributed by atoms with Crippen molar-refractivity contribution in [2.45, 2.75) is 39.2 Å². The highest BCUT2D eigenvalue weighted by atomic mass is 16.3. The minimum absolute atomic E-state index is 0.535. The maximum Gasteiger partial charge on any atom is 0.0823 e. The van der Waals surface area contributed by atoms with Crippen molar-refractivity contribution in [1.82, 2.24) is 5.32 Å². The smallest absolute Gasteiger partial charge is 0.0823 e. The zero-order valence-corrected chi connectivity index (χ0v) is 10.4. The van der Waals surface area contributed by atoms with Crippen LogP contribution >= 0.6 is 0 Å². The Balaban J connectivity index is 2.24. The van der Waals surface area contributed by atoms with Gasteiger partial charge in [0.1, 0.15) is 0 Å². The number of hydrogen-bond donors (Lipinski definition) is 2. The van der Waals surface area contributed by atoms with Gasteiger partial charge in [-0.25, -0.2) is 0 Å². The van der Waals surface area contributed by atoms with Crippen LogP contribution in [0.15, 0.2) is 12.1 Å². The van der Waals surface area contributed by atoms with Crippen LogP contribution in [0.3, 0.4) is 0 Å². The van der Waals surface area contributed by atoms with Gasteiger partial charge in [0.15, 0.2) is 0 Å². The summed E-state index contributed by atoms with van der Waals surface area (Å²) in [5, 5.41) is 13.6. The van der Waals surface area contributed by atoms with E-state index >= 15 is 0 Å². The fourth-order valence-electron chi connectivity index (χ4n) is 2.45. The lowest BCUT2D eigenvalue weighted by Gasteiger charge is -2.23. The van der Waals surface area contributed by atoms with Gasteiger partial charge in [0.25, 0.3) is 0 Å². The van der Waals surface area contributed by atoms with Crippen LogP contribution in [-0.2, 0) is 6.42 Å². The molecule has 1 atom stereocenters. The van der Waals surface area contributed by atoms with Gasteiger partial charge in [-0.05, 0) is 56.0 Å². The lowest BCUT2D eigenvalue weighted by molar-refractivity contribution is 0.0617. The Morgan fingerprint density at radius 2 is 1.88 bits per heavy atom. The molecule has 0 amide bonds. The van der Waals surface area contributed by atoms with E-state index in [1.807, 2.05) is 0 Å². The van der Waals surface area contributed by atoms with Crippen molar-refractivity contribution in [3.05, 3.63) is 34.4 Å². The second-order valence-electron chi connectivity index (χ2n) is 5.19. The van der Waals surface area contributed by atoms with E-state index in [0.29, 0.717) is 0 Å². The minimum atomic E-state index is -0.535. The summed E-state index contributed by atoms with van der Waals surface area (Å²) in [4.78, 5) is 0. The van der Waals surface area contributed by atoms with E-state index < -0.39 is 5.60 Å². The predicted octanol–water partition coefficient (Wildman–Crippen LogP) is 1.88. The molecule has 1 heterocycles. The van der Waals surface area contributed by atoms with Crippen LogP contribution in [0, 0.1) is 20.8 Å². The van der Waals surface area contributed by atoms with Crippen LogP contribution < -0.4 is 5.32 Å². The summed E-state index contributed by atoms with van der Waals surface area (Å²) in [6.45, 7) is 8.06. The van der Waals surface area contributed by atoms with Crippen LogP contribution in [0.1, 0.15) is 28.7 Å². The Morgan fingerprint density at radius 1 is 1.19 bits per heavy atom. The number of β-amino-alcohol motifs (C(OH)–C–C–N with tert-alkyl or cyclic N) is 1. The Bertz CT molecular complexity index is 392. The molecule has 0 radical (unpaired) electrons. The van der Waals surface area contributed by atoms with Crippen molar-refractivity contribution >= 4 is 0 Å². The second kappa shape index (κ2) is 4.19. The molecule has 88 valence electrons. The van der Waals surface area contributed by atoms with Gasteiger partial charge in [-0.15, -0.1) is 0 Å². The fourth-order valence-corrected chi connectivity index (χ4v) is 2.45. The van der Waals surface area contributed by atoms with Crippen LogP contribution in [0.5, 0.6) is 0 Å². The lowest BCUT2D eigenvalue weighted by atomic mass is 9.89. The molecule has 0 aliphatic carbocycles. The zero-order chi connectivity index (χ0) is 11.8. The Kier molecular flexibility index (Phi) is 3.04. The first-order valence-electron chi connectivity index (χ1n) is 6.00. The van der Waals surface area contributed by atoms with E-state index in [-0.39, 0.29) is 0 Å². The fraction of sp³-hybridized carbons (Fsp3) is 0.571. The van der Waals surface area contributed by atoms with E-state index in [1.165, 1.54) is 22.3 Å². The third kappa shape index (κ3) is 2.28. The first kappa shape index (κ1) is 11.6. The molecule has 0 bridgehead atoms. The molecule has 0 aromatic heterocycles. The van der Waals surface area contributed by atoms with Crippen molar-refractivity contribution < 1.29 is 5.11 Å². The first-order valence-corrected chi connectivity index (χ1v) is 6.00. The van der Waals surface area contributed by atoms with E-state index in [0.717, 1.165) is 25.9 Å². The molecule has 1 fully saturated rings. The molecular formula is C14H21NO. The van der Waals surface area contributed by atoms with Gasteiger partial charge in [-0.3, -0.25) is 0 Å². The zero-order valence-electron chi connectivity index (χ0n) is 10.4. The number of nitrogens with one attached hydrogen (secondary N) is 1. The van der Waals surface area contributed by atoms with Gasteiger partial charge in [0.05, 0.1) is 5.60 Å². The Labute approximate surface area is 97.7 Å². The maximum atomic E-state index is 10.4. The highest BCUT2D eigenvalue weighted by molar-refractivity contribution is 5.37. The molecule has 1 aromatic carbocycles. The van der Waals surface area contributed by atoms with Crippen LogP contribution in [0.2, 0.25) is 0 Å². The number of aryl methyl sites for hydroxylation is 3. The summed E-state index contributed by atoms with van der Waals surface area (Å²) in [6.07, 6.45) is 1.63. The topological polar surface area (TPSA) is 32.3 Å². The average Bonchev–Trinajstić information content (AvgIpc) is 2.62. The van der Waals surface area contributed by atoms with E-state index in [1.54, 1.807) is 0 Å². The van der Waals surface area contributed by atoms with Crippen LogP contribution in [0.25, 0.3) is 0 Å². The molecule has 1 saturated heterocycles. The summed E-state index contributed by atoms with van der Waals surface area (Å²) in [7, 11) is 0. The van der Waals surface area contributed by atoms with Crippen LogP contribution in [-0.4, -0.2) is 23.8 Å². The van der Waals surface area contributed by atoms with E-state index in [4.69, 9.17) is 0 Å². The van der Waals surface area contributed by atoms with E-state index in [2.05, 4.69) is 38.2 Å². The van der Waals surface area contributed by atoms with Crippen molar-refractivity contribution in [1.29, 1.82) is 0 Å². The highest BCUT2D eigenvalue weighted by Gasteiger charge is 2.31. The van der Waals surface area contributed by atoms with Gasteiger partial charge in [0.2, 0.25) is 0 Å². The number of aliphatic hydroxyl groups is 1. The molecule has 1 unspecified atom stereocenters. The monoisotopic (exact) mass is 219 g/mol. The van der Waals surface area contributed by atoms with Gasteiger partial charge >= 0.3 is 0 Å². The molecule has 1 aliphatic heterocycles. The quantitative estimate of drug-likeness (QED) is 0.796. The summed E-state index contributed by atoms with van der Waals surface area (Å²) in [5.74, 6) is 0. The standard InChI is InChI=1S/C14H21NO/c1-10-6-12(3)13(7-11(10)2)8-14(16)4-5-15-9-14/h6-7,15-16H,4-5,8-9H2,1-3H3. The second-order valence-corrected chi connectivity index (χ2v) is 5.19. The molecule has 1 aliphatic rings. The molecule has 2 heteroatoms. The molecule has 2 rings (SSSR count). The Hall–Kier alpha value is -0.860. The first-order chi connectivity index (χ1) is 7.50. The summed E-state index contributed by atoms with van der Waals surface area (Å²) >= 11 is 0. The number of hydrogen-bond acceptors (Lipinski definition) is 2. The average molecular weight is 219 g/mol. The van der Waals surface area contributed by atoms with Crippen LogP contribution in [0.4, 0.5) is 0 Å². The summed E-state index contributed by atoms with van der Waals surface area (Å²) < 4.78 is 0. The molecule has 0 saturated carbocycles. The summed E-state index contributed by atoms with van der Waals surface area (Å²) in [6, 6.07) is 4.44. The van der Waals surface area contributed by atoms with Crippen molar-refractivity contribution in [2.75, 3.05) is 13.1 Å². The third-order valence-electron chi connectivity index (χ3n) is 3.69.